The number of aryl methyl sites for hydroxylation is 1. The van der Waals surface area contributed by atoms with E-state index >= 15 is 0 Å². The Labute approximate surface area is 142 Å². The van der Waals surface area contributed by atoms with Crippen molar-refractivity contribution in [2.45, 2.75) is 31.9 Å². The summed E-state index contributed by atoms with van der Waals surface area (Å²) in [6.07, 6.45) is -1.61. The van der Waals surface area contributed by atoms with Gasteiger partial charge in [0.05, 0.1) is 11.9 Å². The van der Waals surface area contributed by atoms with Crippen LogP contribution in [0.2, 0.25) is 0 Å². The first-order valence-electron chi connectivity index (χ1n) is 7.58. The Morgan fingerprint density at radius 3 is 2.60 bits per heavy atom. The molecule has 7 nitrogen and oxygen atoms in total. The molecule has 2 aromatic heterocycles. The molecular formula is C15H18F3N5O2. The third kappa shape index (κ3) is 5.73. The lowest BCUT2D eigenvalue weighted by molar-refractivity contribution is -0.159. The van der Waals surface area contributed by atoms with E-state index in [0.29, 0.717) is 18.7 Å². The summed E-state index contributed by atoms with van der Waals surface area (Å²) < 4.78 is 41.1. The minimum absolute atomic E-state index is 0.0197. The van der Waals surface area contributed by atoms with Crippen LogP contribution in [0.1, 0.15) is 31.0 Å². The van der Waals surface area contributed by atoms with Crippen molar-refractivity contribution in [2.75, 3.05) is 24.3 Å². The molecule has 10 heteroatoms. The summed E-state index contributed by atoms with van der Waals surface area (Å²) in [6, 6.07) is 3.53. The molecule has 2 heterocycles. The molecule has 0 spiro atoms. The number of nitrogens with one attached hydrogen (secondary N) is 1. The number of halogens is 3. The standard InChI is InChI=1S/C15H18F3N5O2/c1-23(2)10-7-8-11(19-9-10)20-13(24)6-4-3-5-12-21-14(25-22-12)15(16,17)18/h7-9H,3-6H2,1-2H3,(H,19,20,24). The first kappa shape index (κ1) is 18.7. The van der Waals surface area contributed by atoms with Crippen LogP contribution in [0.3, 0.4) is 0 Å². The molecule has 0 bridgehead atoms. The number of aromatic nitrogens is 3. The molecule has 0 aliphatic heterocycles. The van der Waals surface area contributed by atoms with Gasteiger partial charge in [0.25, 0.3) is 0 Å². The minimum Gasteiger partial charge on any atom is -0.376 e. The Hall–Kier alpha value is -2.65. The molecular weight excluding hydrogens is 339 g/mol. The normalized spacial score (nSPS) is 11.4. The predicted octanol–water partition coefficient (Wildman–Crippen LogP) is 2.90. The fourth-order valence-electron chi connectivity index (χ4n) is 1.97. The van der Waals surface area contributed by atoms with E-state index in [9.17, 15) is 18.0 Å². The smallest absolute Gasteiger partial charge is 0.376 e. The van der Waals surface area contributed by atoms with E-state index < -0.39 is 12.1 Å². The zero-order chi connectivity index (χ0) is 18.4. The van der Waals surface area contributed by atoms with E-state index in [2.05, 4.69) is 25.0 Å². The topological polar surface area (TPSA) is 84.2 Å². The molecule has 0 atom stereocenters. The fourth-order valence-corrected chi connectivity index (χ4v) is 1.97. The summed E-state index contributed by atoms with van der Waals surface area (Å²) >= 11 is 0. The third-order valence-electron chi connectivity index (χ3n) is 3.30. The zero-order valence-corrected chi connectivity index (χ0v) is 13.8. The number of hydrogen-bond donors (Lipinski definition) is 1. The van der Waals surface area contributed by atoms with Gasteiger partial charge in [0.2, 0.25) is 5.91 Å². The molecule has 0 aliphatic rings. The van der Waals surface area contributed by atoms with Gasteiger partial charge >= 0.3 is 12.1 Å². The summed E-state index contributed by atoms with van der Waals surface area (Å²) in [5.41, 5.74) is 0.913. The molecule has 1 N–H and O–H groups in total. The number of anilines is 2. The number of carbonyl (C=O) groups excluding carboxylic acids is 1. The third-order valence-corrected chi connectivity index (χ3v) is 3.30. The van der Waals surface area contributed by atoms with Crippen LogP contribution in [-0.2, 0) is 17.4 Å². The van der Waals surface area contributed by atoms with Gasteiger partial charge < -0.3 is 14.7 Å². The average Bonchev–Trinajstić information content (AvgIpc) is 3.01. The number of amides is 1. The van der Waals surface area contributed by atoms with Crippen LogP contribution in [-0.4, -0.2) is 35.1 Å². The van der Waals surface area contributed by atoms with Crippen LogP contribution < -0.4 is 10.2 Å². The van der Waals surface area contributed by atoms with Gasteiger partial charge in [-0.2, -0.15) is 18.2 Å². The summed E-state index contributed by atoms with van der Waals surface area (Å²) in [4.78, 5) is 21.1. The van der Waals surface area contributed by atoms with E-state index in [1.165, 1.54) is 0 Å². The van der Waals surface area contributed by atoms with Gasteiger partial charge in [-0.15, -0.1) is 0 Å². The van der Waals surface area contributed by atoms with Crippen LogP contribution in [0.25, 0.3) is 0 Å². The Morgan fingerprint density at radius 1 is 1.28 bits per heavy atom. The molecule has 0 saturated carbocycles. The van der Waals surface area contributed by atoms with Crippen LogP contribution in [0, 0.1) is 0 Å². The molecule has 0 aliphatic carbocycles. The van der Waals surface area contributed by atoms with Gasteiger partial charge in [-0.1, -0.05) is 5.16 Å². The highest BCUT2D eigenvalue weighted by Gasteiger charge is 2.38. The Kier molecular flexibility index (Phi) is 5.94. The number of unbranched alkanes of at least 4 members (excludes halogenated alkanes) is 1. The van der Waals surface area contributed by atoms with E-state index in [0.717, 1.165) is 5.69 Å². The lowest BCUT2D eigenvalue weighted by Crippen LogP contribution is -2.13. The van der Waals surface area contributed by atoms with Crippen molar-refractivity contribution in [2.24, 2.45) is 0 Å². The van der Waals surface area contributed by atoms with Gasteiger partial charge in [-0.25, -0.2) is 4.98 Å². The molecule has 136 valence electrons. The van der Waals surface area contributed by atoms with E-state index in [-0.39, 0.29) is 24.6 Å². The van der Waals surface area contributed by atoms with Crippen LogP contribution in [0.15, 0.2) is 22.9 Å². The van der Waals surface area contributed by atoms with E-state index in [1.54, 1.807) is 12.3 Å². The lowest BCUT2D eigenvalue weighted by Gasteiger charge is -2.12. The van der Waals surface area contributed by atoms with E-state index in [1.807, 2.05) is 25.1 Å². The highest BCUT2D eigenvalue weighted by Crippen LogP contribution is 2.27. The molecule has 2 aromatic rings. The van der Waals surface area contributed by atoms with Gasteiger partial charge in [0.15, 0.2) is 5.82 Å². The first-order valence-corrected chi connectivity index (χ1v) is 7.58. The second-order valence-corrected chi connectivity index (χ2v) is 5.56. The summed E-state index contributed by atoms with van der Waals surface area (Å²) in [5.74, 6) is -1.14. The Bertz CT molecular complexity index is 698. The van der Waals surface area contributed by atoms with Crippen LogP contribution in [0.4, 0.5) is 24.7 Å². The van der Waals surface area contributed by atoms with Crippen molar-refractivity contribution in [3.8, 4) is 0 Å². The van der Waals surface area contributed by atoms with Crippen molar-refractivity contribution in [1.29, 1.82) is 0 Å². The average molecular weight is 357 g/mol. The molecule has 0 aromatic carbocycles. The summed E-state index contributed by atoms with van der Waals surface area (Å²) in [6.45, 7) is 0. The van der Waals surface area contributed by atoms with Crippen LogP contribution in [0.5, 0.6) is 0 Å². The molecule has 0 radical (unpaired) electrons. The second kappa shape index (κ2) is 7.95. The molecule has 2 rings (SSSR count). The predicted molar refractivity (Wildman–Crippen MR) is 84.0 cm³/mol. The van der Waals surface area contributed by atoms with Gasteiger partial charge in [0, 0.05) is 26.9 Å². The maximum absolute atomic E-state index is 12.3. The molecule has 0 fully saturated rings. The second-order valence-electron chi connectivity index (χ2n) is 5.56. The van der Waals surface area contributed by atoms with Gasteiger partial charge in [-0.05, 0) is 25.0 Å². The Morgan fingerprint density at radius 2 is 2.04 bits per heavy atom. The highest BCUT2D eigenvalue weighted by atomic mass is 19.4. The number of pyridine rings is 1. The number of nitrogens with zero attached hydrogens (tertiary/aromatic N) is 4. The van der Waals surface area contributed by atoms with Crippen molar-refractivity contribution >= 4 is 17.4 Å². The quantitative estimate of drug-likeness (QED) is 0.767. The van der Waals surface area contributed by atoms with Crippen LogP contribution >= 0.6 is 0 Å². The van der Waals surface area contributed by atoms with Crippen molar-refractivity contribution in [1.82, 2.24) is 15.1 Å². The first-order chi connectivity index (χ1) is 11.8. The maximum Gasteiger partial charge on any atom is 0.471 e. The molecule has 1 amide bonds. The minimum atomic E-state index is -4.64. The highest BCUT2D eigenvalue weighted by molar-refractivity contribution is 5.89. The Balaban J connectivity index is 1.71. The molecule has 0 saturated heterocycles. The largest absolute Gasteiger partial charge is 0.471 e. The van der Waals surface area contributed by atoms with Crippen molar-refractivity contribution in [3.05, 3.63) is 30.0 Å². The maximum atomic E-state index is 12.3. The summed E-state index contributed by atoms with van der Waals surface area (Å²) in [7, 11) is 3.77. The monoisotopic (exact) mass is 357 g/mol. The molecule has 25 heavy (non-hydrogen) atoms. The lowest BCUT2D eigenvalue weighted by atomic mass is 10.2. The number of carbonyl (C=O) groups is 1. The van der Waals surface area contributed by atoms with Crippen molar-refractivity contribution < 1.29 is 22.5 Å². The summed E-state index contributed by atoms with van der Waals surface area (Å²) in [5, 5.41) is 5.93. The van der Waals surface area contributed by atoms with Crippen molar-refractivity contribution in [3.63, 3.8) is 0 Å². The van der Waals surface area contributed by atoms with Gasteiger partial charge in [0.1, 0.15) is 5.82 Å². The number of rotatable bonds is 7. The fraction of sp³-hybridized carbons (Fsp3) is 0.467. The number of alkyl halides is 3. The number of hydrogen-bond acceptors (Lipinski definition) is 6. The molecule has 0 unspecified atom stereocenters. The SMILES string of the molecule is CN(C)c1ccc(NC(=O)CCCCc2noc(C(F)(F)F)n2)nc1. The van der Waals surface area contributed by atoms with Gasteiger partial charge in [-0.3, -0.25) is 4.79 Å². The van der Waals surface area contributed by atoms with E-state index in [4.69, 9.17) is 0 Å². The zero-order valence-electron chi connectivity index (χ0n) is 13.8.